The number of nitrogens with zero attached hydrogens (tertiary/aromatic N) is 3. The minimum Gasteiger partial charge on any atom is -0.311 e. The summed E-state index contributed by atoms with van der Waals surface area (Å²) in [4.78, 5) is 31.7. The van der Waals surface area contributed by atoms with Crippen molar-refractivity contribution in [2.45, 2.75) is 25.8 Å². The summed E-state index contributed by atoms with van der Waals surface area (Å²) in [7, 11) is 1.70. The first-order valence-electron chi connectivity index (χ1n) is 8.62. The molecule has 1 aliphatic heterocycles. The van der Waals surface area contributed by atoms with Crippen LogP contribution in [0.2, 0.25) is 5.02 Å². The fourth-order valence-corrected chi connectivity index (χ4v) is 3.55. The zero-order chi connectivity index (χ0) is 18.3. The maximum absolute atomic E-state index is 12.8. The predicted octanol–water partition coefficient (Wildman–Crippen LogP) is 3.66. The highest BCUT2D eigenvalue weighted by molar-refractivity contribution is 6.31. The van der Waals surface area contributed by atoms with Gasteiger partial charge in [0.25, 0.3) is 11.5 Å². The van der Waals surface area contributed by atoms with Crippen LogP contribution < -0.4 is 10.5 Å². The number of benzene rings is 2. The van der Waals surface area contributed by atoms with Crippen molar-refractivity contribution < 1.29 is 4.79 Å². The Morgan fingerprint density at radius 3 is 2.85 bits per heavy atom. The van der Waals surface area contributed by atoms with E-state index in [0.29, 0.717) is 27.2 Å². The second kappa shape index (κ2) is 6.57. The standard InChI is InChI=1S/C20H18ClN3O2/c1-23(15-6-4-5-14(21)12-15)19(25)13-8-9-16-17(11-13)22-18-7-2-3-10-24(18)20(16)26/h4-6,8-9,11-12H,2-3,7,10H2,1H3. The average molecular weight is 368 g/mol. The molecule has 0 radical (unpaired) electrons. The van der Waals surface area contributed by atoms with E-state index in [2.05, 4.69) is 4.98 Å². The van der Waals surface area contributed by atoms with Gasteiger partial charge in [0, 0.05) is 36.3 Å². The Balaban J connectivity index is 1.75. The van der Waals surface area contributed by atoms with E-state index in [1.54, 1.807) is 48.0 Å². The van der Waals surface area contributed by atoms with E-state index in [1.165, 1.54) is 4.90 Å². The lowest BCUT2D eigenvalue weighted by molar-refractivity contribution is 0.0993. The molecule has 0 N–H and O–H groups in total. The Morgan fingerprint density at radius 1 is 1.19 bits per heavy atom. The van der Waals surface area contributed by atoms with Crippen LogP contribution in [0.3, 0.4) is 0 Å². The second-order valence-corrected chi connectivity index (χ2v) is 6.95. The van der Waals surface area contributed by atoms with Gasteiger partial charge in [-0.1, -0.05) is 17.7 Å². The van der Waals surface area contributed by atoms with Crippen LogP contribution in [0.1, 0.15) is 29.0 Å². The molecule has 0 atom stereocenters. The third kappa shape index (κ3) is 2.88. The van der Waals surface area contributed by atoms with Crippen LogP contribution in [0.4, 0.5) is 5.69 Å². The Morgan fingerprint density at radius 2 is 2.04 bits per heavy atom. The van der Waals surface area contributed by atoms with Gasteiger partial charge in [0.2, 0.25) is 0 Å². The molecule has 0 saturated carbocycles. The molecule has 1 aliphatic rings. The number of rotatable bonds is 2. The number of carbonyl (C=O) groups excluding carboxylic acids is 1. The van der Waals surface area contributed by atoms with Gasteiger partial charge in [-0.2, -0.15) is 0 Å². The molecule has 2 aromatic carbocycles. The van der Waals surface area contributed by atoms with Gasteiger partial charge in [0.15, 0.2) is 0 Å². The molecule has 0 bridgehead atoms. The number of hydrogen-bond donors (Lipinski definition) is 0. The molecule has 0 saturated heterocycles. The summed E-state index contributed by atoms with van der Waals surface area (Å²) >= 11 is 6.02. The van der Waals surface area contributed by atoms with Crippen molar-refractivity contribution in [1.82, 2.24) is 9.55 Å². The summed E-state index contributed by atoms with van der Waals surface area (Å²) in [5.74, 6) is 0.635. The van der Waals surface area contributed by atoms with E-state index in [0.717, 1.165) is 31.6 Å². The Kier molecular flexibility index (Phi) is 4.24. The summed E-state index contributed by atoms with van der Waals surface area (Å²) in [5, 5.41) is 1.12. The number of carbonyl (C=O) groups is 1. The summed E-state index contributed by atoms with van der Waals surface area (Å²) in [6.45, 7) is 0.718. The number of aromatic nitrogens is 2. The second-order valence-electron chi connectivity index (χ2n) is 6.52. The Labute approximate surface area is 155 Å². The van der Waals surface area contributed by atoms with Gasteiger partial charge < -0.3 is 4.90 Å². The molecular weight excluding hydrogens is 350 g/mol. The zero-order valence-corrected chi connectivity index (χ0v) is 15.2. The molecule has 0 spiro atoms. The number of aryl methyl sites for hydroxylation is 1. The molecule has 132 valence electrons. The van der Waals surface area contributed by atoms with E-state index in [4.69, 9.17) is 11.6 Å². The number of amides is 1. The largest absolute Gasteiger partial charge is 0.311 e. The van der Waals surface area contributed by atoms with Crippen LogP contribution in [-0.2, 0) is 13.0 Å². The lowest BCUT2D eigenvalue weighted by Crippen LogP contribution is -2.29. The lowest BCUT2D eigenvalue weighted by Gasteiger charge is -2.19. The van der Waals surface area contributed by atoms with Crippen molar-refractivity contribution in [3.63, 3.8) is 0 Å². The molecule has 0 aliphatic carbocycles. The minimum atomic E-state index is -0.172. The van der Waals surface area contributed by atoms with E-state index in [-0.39, 0.29) is 11.5 Å². The molecule has 5 nitrogen and oxygen atoms in total. The molecule has 0 unspecified atom stereocenters. The topological polar surface area (TPSA) is 55.2 Å². The van der Waals surface area contributed by atoms with Crippen LogP contribution in [0, 0.1) is 0 Å². The van der Waals surface area contributed by atoms with E-state index < -0.39 is 0 Å². The monoisotopic (exact) mass is 367 g/mol. The van der Waals surface area contributed by atoms with E-state index in [1.807, 2.05) is 6.07 Å². The molecule has 26 heavy (non-hydrogen) atoms. The summed E-state index contributed by atoms with van der Waals surface area (Å²) < 4.78 is 1.76. The van der Waals surface area contributed by atoms with Crippen molar-refractivity contribution in [3.8, 4) is 0 Å². The van der Waals surface area contributed by atoms with Gasteiger partial charge in [-0.05, 0) is 49.2 Å². The number of halogens is 1. The fraction of sp³-hybridized carbons (Fsp3) is 0.250. The number of anilines is 1. The molecule has 6 heteroatoms. The maximum atomic E-state index is 12.8. The van der Waals surface area contributed by atoms with Crippen molar-refractivity contribution in [2.75, 3.05) is 11.9 Å². The molecule has 1 aromatic heterocycles. The van der Waals surface area contributed by atoms with Crippen LogP contribution >= 0.6 is 11.6 Å². The van der Waals surface area contributed by atoms with Gasteiger partial charge in [-0.15, -0.1) is 0 Å². The fourth-order valence-electron chi connectivity index (χ4n) is 3.37. The summed E-state index contributed by atoms with van der Waals surface area (Å²) in [5.41, 5.74) is 1.76. The predicted molar refractivity (Wildman–Crippen MR) is 103 cm³/mol. The Bertz CT molecular complexity index is 1070. The van der Waals surface area contributed by atoms with Gasteiger partial charge in [-0.25, -0.2) is 4.98 Å². The average Bonchev–Trinajstić information content (AvgIpc) is 2.66. The van der Waals surface area contributed by atoms with Gasteiger partial charge in [-0.3, -0.25) is 14.2 Å². The lowest BCUT2D eigenvalue weighted by atomic mass is 10.1. The maximum Gasteiger partial charge on any atom is 0.261 e. The molecule has 2 heterocycles. The normalized spacial score (nSPS) is 13.5. The SMILES string of the molecule is CN(C(=O)c1ccc2c(=O)n3c(nc2c1)CCCC3)c1cccc(Cl)c1. The number of fused-ring (bicyclic) bond motifs is 2. The third-order valence-corrected chi connectivity index (χ3v) is 5.05. The van der Waals surface area contributed by atoms with E-state index in [9.17, 15) is 9.59 Å². The third-order valence-electron chi connectivity index (χ3n) is 4.81. The summed E-state index contributed by atoms with van der Waals surface area (Å²) in [6.07, 6.45) is 2.83. The number of hydrogen-bond acceptors (Lipinski definition) is 3. The molecule has 3 aromatic rings. The van der Waals surface area contributed by atoms with Crippen molar-refractivity contribution >= 4 is 34.1 Å². The highest BCUT2D eigenvalue weighted by atomic mass is 35.5. The first-order chi connectivity index (χ1) is 12.5. The molecule has 1 amide bonds. The van der Waals surface area contributed by atoms with Crippen LogP contribution in [0.15, 0.2) is 47.3 Å². The van der Waals surface area contributed by atoms with E-state index >= 15 is 0 Å². The smallest absolute Gasteiger partial charge is 0.261 e. The van der Waals surface area contributed by atoms with Crippen molar-refractivity contribution in [3.05, 3.63) is 69.2 Å². The van der Waals surface area contributed by atoms with Gasteiger partial charge in [0.1, 0.15) is 5.82 Å². The highest BCUT2D eigenvalue weighted by Gasteiger charge is 2.18. The van der Waals surface area contributed by atoms with Gasteiger partial charge in [0.05, 0.1) is 10.9 Å². The quantitative estimate of drug-likeness (QED) is 0.694. The Hall–Kier alpha value is -2.66. The van der Waals surface area contributed by atoms with Crippen molar-refractivity contribution in [1.29, 1.82) is 0 Å². The van der Waals surface area contributed by atoms with Crippen molar-refractivity contribution in [2.24, 2.45) is 0 Å². The van der Waals surface area contributed by atoms with Crippen LogP contribution in [0.25, 0.3) is 10.9 Å². The van der Waals surface area contributed by atoms with Crippen LogP contribution in [-0.4, -0.2) is 22.5 Å². The highest BCUT2D eigenvalue weighted by Crippen LogP contribution is 2.22. The summed E-state index contributed by atoms with van der Waals surface area (Å²) in [6, 6.07) is 12.2. The molecule has 4 rings (SSSR count). The van der Waals surface area contributed by atoms with Gasteiger partial charge >= 0.3 is 0 Å². The van der Waals surface area contributed by atoms with Crippen LogP contribution in [0.5, 0.6) is 0 Å². The minimum absolute atomic E-state index is 0.0214. The first-order valence-corrected chi connectivity index (χ1v) is 8.99. The first kappa shape index (κ1) is 16.8. The zero-order valence-electron chi connectivity index (χ0n) is 14.4. The molecule has 0 fully saturated rings. The molecular formula is C20H18ClN3O2.